The molecule has 3 unspecified atom stereocenters. The summed E-state index contributed by atoms with van der Waals surface area (Å²) in [6.07, 6.45) is 2.51. The topological polar surface area (TPSA) is 12.0 Å². The Hall–Kier alpha value is -0.540. The maximum absolute atomic E-state index is 13.4. The van der Waals surface area contributed by atoms with Gasteiger partial charge in [-0.3, -0.25) is 0 Å². The Morgan fingerprint density at radius 1 is 1.44 bits per heavy atom. The van der Waals surface area contributed by atoms with Gasteiger partial charge in [0.1, 0.15) is 5.82 Å². The lowest BCUT2D eigenvalue weighted by Gasteiger charge is -2.42. The molecule has 1 N–H and O–H groups in total. The van der Waals surface area contributed by atoms with E-state index in [1.54, 1.807) is 12.1 Å². The standard InChI is InChI=1S/C15H20FNS/c1-11-8-15(10-18-11)5-6-17-9-14(15)12-3-2-4-13(16)7-12/h2-4,7,11,14,17H,5-6,8-10H2,1H3. The second-order valence-electron chi connectivity index (χ2n) is 5.75. The van der Waals surface area contributed by atoms with Crippen LogP contribution in [0.1, 0.15) is 31.2 Å². The molecule has 2 saturated heterocycles. The van der Waals surface area contributed by atoms with Crippen molar-refractivity contribution in [3.8, 4) is 0 Å². The molecule has 0 saturated carbocycles. The van der Waals surface area contributed by atoms with Crippen LogP contribution in [0.4, 0.5) is 4.39 Å². The lowest BCUT2D eigenvalue weighted by molar-refractivity contribution is 0.189. The Bertz CT molecular complexity index is 432. The molecule has 2 fully saturated rings. The summed E-state index contributed by atoms with van der Waals surface area (Å²) in [6.45, 7) is 4.43. The highest BCUT2D eigenvalue weighted by Gasteiger charge is 2.46. The third-order valence-corrected chi connectivity index (χ3v) is 5.96. The summed E-state index contributed by atoms with van der Waals surface area (Å²) in [6, 6.07) is 7.21. The fraction of sp³-hybridized carbons (Fsp3) is 0.600. The van der Waals surface area contributed by atoms with Crippen molar-refractivity contribution in [3.63, 3.8) is 0 Å². The summed E-state index contributed by atoms with van der Waals surface area (Å²) >= 11 is 2.08. The molecule has 3 rings (SSSR count). The molecule has 1 spiro atoms. The van der Waals surface area contributed by atoms with E-state index < -0.39 is 0 Å². The Balaban J connectivity index is 1.93. The van der Waals surface area contributed by atoms with Gasteiger partial charge < -0.3 is 5.32 Å². The van der Waals surface area contributed by atoms with Crippen molar-refractivity contribution < 1.29 is 4.39 Å². The summed E-state index contributed by atoms with van der Waals surface area (Å²) in [5, 5.41) is 4.24. The quantitative estimate of drug-likeness (QED) is 0.835. The van der Waals surface area contributed by atoms with E-state index in [2.05, 4.69) is 30.1 Å². The number of piperidine rings is 1. The normalized spacial score (nSPS) is 36.1. The van der Waals surface area contributed by atoms with Gasteiger partial charge in [0.25, 0.3) is 0 Å². The van der Waals surface area contributed by atoms with E-state index in [9.17, 15) is 4.39 Å². The number of thioether (sulfide) groups is 1. The summed E-state index contributed by atoms with van der Waals surface area (Å²) in [5.41, 5.74) is 1.57. The first-order chi connectivity index (χ1) is 8.70. The lowest BCUT2D eigenvalue weighted by atomic mass is 9.67. The zero-order valence-electron chi connectivity index (χ0n) is 10.8. The number of nitrogens with one attached hydrogen (secondary N) is 1. The molecule has 0 aromatic heterocycles. The van der Waals surface area contributed by atoms with Crippen molar-refractivity contribution in [2.75, 3.05) is 18.8 Å². The highest BCUT2D eigenvalue weighted by molar-refractivity contribution is 8.00. The molecule has 18 heavy (non-hydrogen) atoms. The monoisotopic (exact) mass is 265 g/mol. The van der Waals surface area contributed by atoms with E-state index in [0.29, 0.717) is 11.3 Å². The molecule has 3 heteroatoms. The molecule has 1 aromatic rings. The molecule has 0 aliphatic carbocycles. The first-order valence-corrected chi connectivity index (χ1v) is 7.82. The van der Waals surface area contributed by atoms with Gasteiger partial charge in [0.2, 0.25) is 0 Å². The summed E-state index contributed by atoms with van der Waals surface area (Å²) in [7, 11) is 0. The molecule has 2 heterocycles. The zero-order chi connectivity index (χ0) is 12.6. The van der Waals surface area contributed by atoms with Crippen LogP contribution in [-0.4, -0.2) is 24.1 Å². The van der Waals surface area contributed by atoms with Crippen molar-refractivity contribution in [1.29, 1.82) is 0 Å². The van der Waals surface area contributed by atoms with Crippen molar-refractivity contribution in [2.45, 2.75) is 30.9 Å². The van der Waals surface area contributed by atoms with Crippen LogP contribution in [0.5, 0.6) is 0 Å². The minimum Gasteiger partial charge on any atom is -0.316 e. The largest absolute Gasteiger partial charge is 0.316 e. The van der Waals surface area contributed by atoms with Gasteiger partial charge in [-0.1, -0.05) is 19.1 Å². The van der Waals surface area contributed by atoms with Gasteiger partial charge in [0.05, 0.1) is 0 Å². The van der Waals surface area contributed by atoms with Crippen LogP contribution in [0, 0.1) is 11.2 Å². The molecule has 1 aromatic carbocycles. The van der Waals surface area contributed by atoms with Crippen LogP contribution in [0.15, 0.2) is 24.3 Å². The molecule has 1 nitrogen and oxygen atoms in total. The minimum atomic E-state index is -0.105. The van der Waals surface area contributed by atoms with Crippen LogP contribution >= 0.6 is 11.8 Å². The molecule has 2 aliphatic heterocycles. The van der Waals surface area contributed by atoms with Crippen LogP contribution in [0.3, 0.4) is 0 Å². The van der Waals surface area contributed by atoms with E-state index >= 15 is 0 Å². The Labute approximate surface area is 113 Å². The first kappa shape index (κ1) is 12.5. The van der Waals surface area contributed by atoms with E-state index in [-0.39, 0.29) is 5.82 Å². The summed E-state index contributed by atoms with van der Waals surface area (Å²) in [4.78, 5) is 0. The van der Waals surface area contributed by atoms with Crippen molar-refractivity contribution >= 4 is 11.8 Å². The summed E-state index contributed by atoms with van der Waals surface area (Å²) < 4.78 is 13.4. The van der Waals surface area contributed by atoms with E-state index in [1.807, 2.05) is 6.07 Å². The van der Waals surface area contributed by atoms with Gasteiger partial charge in [-0.25, -0.2) is 4.39 Å². The smallest absolute Gasteiger partial charge is 0.123 e. The highest BCUT2D eigenvalue weighted by Crippen LogP contribution is 2.53. The van der Waals surface area contributed by atoms with Crippen molar-refractivity contribution in [1.82, 2.24) is 5.32 Å². The molecule has 98 valence electrons. The van der Waals surface area contributed by atoms with E-state index in [1.165, 1.54) is 24.2 Å². The van der Waals surface area contributed by atoms with E-state index in [0.717, 1.165) is 18.3 Å². The van der Waals surface area contributed by atoms with Gasteiger partial charge in [0.15, 0.2) is 0 Å². The average Bonchev–Trinajstić information content (AvgIpc) is 2.72. The number of rotatable bonds is 1. The Morgan fingerprint density at radius 3 is 3.06 bits per heavy atom. The number of hydrogen-bond donors (Lipinski definition) is 1. The third-order valence-electron chi connectivity index (χ3n) is 4.49. The first-order valence-electron chi connectivity index (χ1n) is 6.77. The third kappa shape index (κ3) is 2.19. The molecular formula is C15H20FNS. The number of halogens is 1. The van der Waals surface area contributed by atoms with Crippen LogP contribution in [0.2, 0.25) is 0 Å². The fourth-order valence-corrected chi connectivity index (χ4v) is 5.11. The fourth-order valence-electron chi connectivity index (χ4n) is 3.58. The molecule has 0 bridgehead atoms. The molecule has 0 radical (unpaired) electrons. The van der Waals surface area contributed by atoms with Gasteiger partial charge in [-0.2, -0.15) is 11.8 Å². The number of hydrogen-bond acceptors (Lipinski definition) is 2. The Kier molecular flexibility index (Phi) is 3.37. The number of benzene rings is 1. The highest BCUT2D eigenvalue weighted by atomic mass is 32.2. The van der Waals surface area contributed by atoms with Crippen LogP contribution < -0.4 is 5.32 Å². The van der Waals surface area contributed by atoms with E-state index in [4.69, 9.17) is 0 Å². The molecule has 3 atom stereocenters. The lowest BCUT2D eigenvalue weighted by Crippen LogP contribution is -2.44. The van der Waals surface area contributed by atoms with Crippen molar-refractivity contribution in [2.24, 2.45) is 5.41 Å². The average molecular weight is 265 g/mol. The van der Waals surface area contributed by atoms with Crippen molar-refractivity contribution in [3.05, 3.63) is 35.6 Å². The van der Waals surface area contributed by atoms with Gasteiger partial charge in [0, 0.05) is 17.7 Å². The second-order valence-corrected chi connectivity index (χ2v) is 7.18. The predicted octanol–water partition coefficient (Wildman–Crippen LogP) is 3.41. The molecule has 2 aliphatic rings. The van der Waals surface area contributed by atoms with Gasteiger partial charge in [-0.05, 0) is 48.3 Å². The minimum absolute atomic E-state index is 0.105. The molecule has 0 amide bonds. The molecular weight excluding hydrogens is 245 g/mol. The Morgan fingerprint density at radius 2 is 2.33 bits per heavy atom. The summed E-state index contributed by atoms with van der Waals surface area (Å²) in [5.74, 6) is 1.60. The second kappa shape index (κ2) is 4.86. The SMILES string of the molecule is CC1CC2(CCNCC2c2cccc(F)c2)CS1. The van der Waals surface area contributed by atoms with Gasteiger partial charge >= 0.3 is 0 Å². The van der Waals surface area contributed by atoms with Crippen LogP contribution in [-0.2, 0) is 0 Å². The van der Waals surface area contributed by atoms with Crippen LogP contribution in [0.25, 0.3) is 0 Å². The maximum atomic E-state index is 13.4. The zero-order valence-corrected chi connectivity index (χ0v) is 11.6. The maximum Gasteiger partial charge on any atom is 0.123 e. The predicted molar refractivity (Wildman–Crippen MR) is 75.6 cm³/mol. The van der Waals surface area contributed by atoms with Gasteiger partial charge in [-0.15, -0.1) is 0 Å².